The Hall–Kier alpha value is -2.43. The number of halogens is 3. The fourth-order valence-corrected chi connectivity index (χ4v) is 1.69. The minimum absolute atomic E-state index is 0.155. The molecule has 0 aliphatic carbocycles. The van der Waals surface area contributed by atoms with E-state index >= 15 is 0 Å². The number of carbonyl (C=O) groups is 2. The zero-order valence-electron chi connectivity index (χ0n) is 10.2. The maximum atomic E-state index is 13.4. The van der Waals surface area contributed by atoms with Gasteiger partial charge >= 0.3 is 0 Å². The molecule has 0 bridgehead atoms. The van der Waals surface area contributed by atoms with Crippen LogP contribution in [0.3, 0.4) is 0 Å². The van der Waals surface area contributed by atoms with Crippen molar-refractivity contribution in [2.24, 2.45) is 0 Å². The number of hydrogen-bond acceptors (Lipinski definition) is 2. The summed E-state index contributed by atoms with van der Waals surface area (Å²) >= 11 is 0. The summed E-state index contributed by atoms with van der Waals surface area (Å²) in [4.78, 5) is 23.5. The third kappa shape index (κ3) is 3.12. The van der Waals surface area contributed by atoms with E-state index in [-0.39, 0.29) is 11.1 Å². The summed E-state index contributed by atoms with van der Waals surface area (Å²) in [5.74, 6) is -3.63. The predicted molar refractivity (Wildman–Crippen MR) is 66.0 cm³/mol. The zero-order valence-corrected chi connectivity index (χ0v) is 10.2. The Balaban J connectivity index is 2.15. The van der Waals surface area contributed by atoms with Gasteiger partial charge in [0.1, 0.15) is 17.5 Å². The maximum absolute atomic E-state index is 13.4. The molecular weight excluding hydrogens is 269 g/mol. The van der Waals surface area contributed by atoms with Gasteiger partial charge in [0, 0.05) is 11.6 Å². The van der Waals surface area contributed by atoms with Gasteiger partial charge in [0.2, 0.25) is 0 Å². The summed E-state index contributed by atoms with van der Waals surface area (Å²) in [7, 11) is 0. The van der Waals surface area contributed by atoms with Crippen molar-refractivity contribution in [3.05, 3.63) is 71.0 Å². The van der Waals surface area contributed by atoms with E-state index in [2.05, 4.69) is 0 Å². The largest absolute Gasteiger partial charge is 0.294 e. The van der Waals surface area contributed by atoms with Crippen molar-refractivity contribution < 1.29 is 22.8 Å². The Bertz CT molecular complexity index is 663. The molecule has 102 valence electrons. The molecule has 0 heterocycles. The highest BCUT2D eigenvalue weighted by Crippen LogP contribution is 2.14. The van der Waals surface area contributed by atoms with E-state index in [1.165, 1.54) is 12.1 Å². The average Bonchev–Trinajstić information content (AvgIpc) is 2.39. The van der Waals surface area contributed by atoms with Crippen LogP contribution in [0.4, 0.5) is 13.2 Å². The molecule has 0 aromatic heterocycles. The lowest BCUT2D eigenvalue weighted by atomic mass is 10.0. The van der Waals surface area contributed by atoms with Crippen molar-refractivity contribution in [1.82, 2.24) is 0 Å². The van der Waals surface area contributed by atoms with E-state index in [1.807, 2.05) is 0 Å². The van der Waals surface area contributed by atoms with E-state index < -0.39 is 35.4 Å². The number of hydrogen-bond donors (Lipinski definition) is 0. The van der Waals surface area contributed by atoms with Crippen LogP contribution in [0.15, 0.2) is 42.5 Å². The van der Waals surface area contributed by atoms with Crippen molar-refractivity contribution in [3.63, 3.8) is 0 Å². The Morgan fingerprint density at radius 3 is 2.00 bits per heavy atom. The summed E-state index contributed by atoms with van der Waals surface area (Å²) in [6.07, 6.45) is -0.561. The highest BCUT2D eigenvalue weighted by atomic mass is 19.1. The number of ketones is 2. The molecule has 2 aromatic carbocycles. The molecular formula is C15H9F3O2. The van der Waals surface area contributed by atoms with E-state index in [9.17, 15) is 22.8 Å². The standard InChI is InChI=1S/C15H9F3O2/c16-10-3-1-9(2-4-10)14(19)8-15(20)12-6-5-11(17)7-13(12)18/h1-7H,8H2. The molecule has 2 aromatic rings. The monoisotopic (exact) mass is 278 g/mol. The van der Waals surface area contributed by atoms with Gasteiger partial charge in [0.15, 0.2) is 11.6 Å². The molecule has 0 N–H and O–H groups in total. The topological polar surface area (TPSA) is 34.1 Å². The van der Waals surface area contributed by atoms with Gasteiger partial charge in [0.05, 0.1) is 12.0 Å². The Morgan fingerprint density at radius 1 is 0.800 bits per heavy atom. The smallest absolute Gasteiger partial charge is 0.173 e. The van der Waals surface area contributed by atoms with Gasteiger partial charge in [-0.15, -0.1) is 0 Å². The molecule has 0 saturated heterocycles. The molecule has 0 aliphatic rings. The number of benzene rings is 2. The fourth-order valence-electron chi connectivity index (χ4n) is 1.69. The highest BCUT2D eigenvalue weighted by molar-refractivity contribution is 6.13. The Labute approximate surface area is 112 Å². The molecule has 0 atom stereocenters. The summed E-state index contributed by atoms with van der Waals surface area (Å²) in [5.41, 5.74) is -0.191. The number of carbonyl (C=O) groups excluding carboxylic acids is 2. The van der Waals surface area contributed by atoms with Crippen LogP contribution in [0.2, 0.25) is 0 Å². The van der Waals surface area contributed by atoms with Crippen molar-refractivity contribution in [2.75, 3.05) is 0 Å². The van der Waals surface area contributed by atoms with Crippen LogP contribution < -0.4 is 0 Å². The number of rotatable bonds is 4. The third-order valence-electron chi connectivity index (χ3n) is 2.72. The van der Waals surface area contributed by atoms with Crippen molar-refractivity contribution in [1.29, 1.82) is 0 Å². The molecule has 0 fully saturated rings. The molecule has 2 rings (SSSR count). The first-order valence-electron chi connectivity index (χ1n) is 5.74. The lowest BCUT2D eigenvalue weighted by Crippen LogP contribution is -2.10. The van der Waals surface area contributed by atoms with Gasteiger partial charge in [-0.05, 0) is 36.4 Å². The molecule has 0 amide bonds. The van der Waals surface area contributed by atoms with Crippen LogP contribution in [-0.4, -0.2) is 11.6 Å². The van der Waals surface area contributed by atoms with Gasteiger partial charge in [-0.1, -0.05) is 0 Å². The van der Waals surface area contributed by atoms with Gasteiger partial charge in [-0.25, -0.2) is 13.2 Å². The van der Waals surface area contributed by atoms with Crippen molar-refractivity contribution in [2.45, 2.75) is 6.42 Å². The van der Waals surface area contributed by atoms with Crippen molar-refractivity contribution >= 4 is 11.6 Å². The second-order valence-corrected chi connectivity index (χ2v) is 4.15. The minimum Gasteiger partial charge on any atom is -0.294 e. The molecule has 2 nitrogen and oxygen atoms in total. The normalized spacial score (nSPS) is 10.3. The first-order valence-corrected chi connectivity index (χ1v) is 5.74. The fraction of sp³-hybridized carbons (Fsp3) is 0.0667. The summed E-state index contributed by atoms with van der Waals surface area (Å²) in [6, 6.07) is 7.18. The average molecular weight is 278 g/mol. The second kappa shape index (κ2) is 5.69. The molecule has 0 spiro atoms. The Kier molecular flexibility index (Phi) is 3.98. The van der Waals surface area contributed by atoms with Crippen LogP contribution >= 0.6 is 0 Å². The van der Waals surface area contributed by atoms with Crippen LogP contribution in [-0.2, 0) is 0 Å². The summed E-state index contributed by atoms with van der Waals surface area (Å²) in [5, 5.41) is 0. The molecule has 0 saturated carbocycles. The maximum Gasteiger partial charge on any atom is 0.173 e. The summed E-state index contributed by atoms with van der Waals surface area (Å²) in [6.45, 7) is 0. The van der Waals surface area contributed by atoms with Gasteiger partial charge < -0.3 is 0 Å². The van der Waals surface area contributed by atoms with Gasteiger partial charge in [-0.3, -0.25) is 9.59 Å². The van der Waals surface area contributed by atoms with Crippen LogP contribution in [0.25, 0.3) is 0 Å². The number of Topliss-reactive ketones (excluding diaryl/α,β-unsaturated/α-hetero) is 2. The molecule has 0 unspecified atom stereocenters. The van der Waals surface area contributed by atoms with Crippen molar-refractivity contribution in [3.8, 4) is 0 Å². The second-order valence-electron chi connectivity index (χ2n) is 4.15. The SMILES string of the molecule is O=C(CC(=O)c1ccc(F)cc1F)c1ccc(F)cc1. The first kappa shape index (κ1) is 14.0. The summed E-state index contributed by atoms with van der Waals surface area (Å²) < 4.78 is 38.8. The molecule has 0 aliphatic heterocycles. The lowest BCUT2D eigenvalue weighted by Gasteiger charge is -2.03. The molecule has 0 radical (unpaired) electrons. The third-order valence-corrected chi connectivity index (χ3v) is 2.72. The van der Waals surface area contributed by atoms with E-state index in [1.54, 1.807) is 0 Å². The quantitative estimate of drug-likeness (QED) is 0.633. The van der Waals surface area contributed by atoms with E-state index in [0.717, 1.165) is 24.3 Å². The van der Waals surface area contributed by atoms with Crippen LogP contribution in [0.1, 0.15) is 27.1 Å². The first-order chi connectivity index (χ1) is 9.47. The minimum atomic E-state index is -1.01. The van der Waals surface area contributed by atoms with E-state index in [0.29, 0.717) is 6.07 Å². The highest BCUT2D eigenvalue weighted by Gasteiger charge is 2.17. The molecule has 20 heavy (non-hydrogen) atoms. The van der Waals surface area contributed by atoms with Gasteiger partial charge in [0.25, 0.3) is 0 Å². The molecule has 5 heteroatoms. The zero-order chi connectivity index (χ0) is 14.7. The van der Waals surface area contributed by atoms with Gasteiger partial charge in [-0.2, -0.15) is 0 Å². The van der Waals surface area contributed by atoms with E-state index in [4.69, 9.17) is 0 Å². The Morgan fingerprint density at radius 2 is 1.40 bits per heavy atom. The van der Waals surface area contributed by atoms with Crippen LogP contribution in [0.5, 0.6) is 0 Å². The lowest BCUT2D eigenvalue weighted by molar-refractivity contribution is 0.0892. The van der Waals surface area contributed by atoms with Crippen LogP contribution in [0, 0.1) is 17.5 Å². The predicted octanol–water partition coefficient (Wildman–Crippen LogP) is 3.56.